The van der Waals surface area contributed by atoms with E-state index in [2.05, 4.69) is 35.0 Å². The lowest BCUT2D eigenvalue weighted by Gasteiger charge is -2.40. The van der Waals surface area contributed by atoms with Gasteiger partial charge in [-0.25, -0.2) is 9.38 Å². The Bertz CT molecular complexity index is 1100. The molecule has 4 N–H and O–H groups in total. The van der Waals surface area contributed by atoms with Crippen LogP contribution in [0.3, 0.4) is 0 Å². The molecule has 1 heterocycles. The van der Waals surface area contributed by atoms with E-state index in [9.17, 15) is 4.39 Å². The van der Waals surface area contributed by atoms with E-state index < -0.39 is 0 Å². The monoisotopic (exact) mass is 479 g/mol. The summed E-state index contributed by atoms with van der Waals surface area (Å²) < 4.78 is 13.1. The summed E-state index contributed by atoms with van der Waals surface area (Å²) >= 11 is 6.06. The fraction of sp³-hybridized carbons (Fsp3) is 0.240. The Balaban J connectivity index is 0.00000199. The molecule has 1 aliphatic rings. The molecule has 0 aliphatic carbocycles. The van der Waals surface area contributed by atoms with Crippen LogP contribution in [0.1, 0.15) is 18.1 Å². The highest BCUT2D eigenvalue weighted by Crippen LogP contribution is 2.25. The van der Waals surface area contributed by atoms with Crippen LogP contribution in [-0.4, -0.2) is 47.3 Å². The standard InChI is InChI=1S/C23H25ClFN7.C2H2/c1-16-13-32(11-10-31(16)14-17-2-7-20(25)8-3-17)22(27)9-5-18-4-6-19(24)12-21(18)30-23(28)29-15-26;1-2/h2-9,12,16,27H,10-11,13-14H2,1H3,(H3,28,29,30);1-2H/b9-5+,27-22?;/t16-;/m0./s1. The largest absolute Gasteiger partial charge is 0.369 e. The molecule has 0 saturated carbocycles. The molecule has 1 atom stereocenters. The lowest BCUT2D eigenvalue weighted by Crippen LogP contribution is -2.52. The van der Waals surface area contributed by atoms with Crippen LogP contribution in [0.4, 0.5) is 10.1 Å². The van der Waals surface area contributed by atoms with Crippen LogP contribution >= 0.6 is 11.6 Å². The third-order valence-corrected chi connectivity index (χ3v) is 5.48. The molecule has 0 spiro atoms. The predicted octanol–water partition coefficient (Wildman–Crippen LogP) is 3.94. The molecule has 0 unspecified atom stereocenters. The van der Waals surface area contributed by atoms with Crippen molar-refractivity contribution in [3.05, 3.63) is 70.5 Å². The fourth-order valence-corrected chi connectivity index (χ4v) is 3.68. The number of aliphatic imine (C=N–C) groups is 1. The topological polar surface area (TPSA) is 105 Å². The number of piperazine rings is 1. The first kappa shape index (κ1) is 26.4. The van der Waals surface area contributed by atoms with E-state index in [1.165, 1.54) is 12.1 Å². The van der Waals surface area contributed by atoms with Crippen molar-refractivity contribution < 1.29 is 4.39 Å². The van der Waals surface area contributed by atoms with Crippen LogP contribution in [0.5, 0.6) is 0 Å². The summed E-state index contributed by atoms with van der Waals surface area (Å²) in [6, 6.07) is 12.0. The van der Waals surface area contributed by atoms with Gasteiger partial charge in [-0.05, 0) is 48.9 Å². The molecular weight excluding hydrogens is 453 g/mol. The number of nitrogens with zero attached hydrogens (tertiary/aromatic N) is 4. The van der Waals surface area contributed by atoms with Crippen molar-refractivity contribution in [2.24, 2.45) is 10.7 Å². The van der Waals surface area contributed by atoms with Gasteiger partial charge in [-0.1, -0.05) is 29.8 Å². The molecular formula is C25H27ClFN7. The third kappa shape index (κ3) is 7.63. The van der Waals surface area contributed by atoms with E-state index in [0.29, 0.717) is 16.5 Å². The Morgan fingerprint density at radius 1 is 1.32 bits per heavy atom. The Morgan fingerprint density at radius 3 is 2.68 bits per heavy atom. The van der Waals surface area contributed by atoms with Gasteiger partial charge in [-0.15, -0.1) is 12.8 Å². The van der Waals surface area contributed by atoms with Crippen LogP contribution in [0.25, 0.3) is 6.08 Å². The van der Waals surface area contributed by atoms with Crippen LogP contribution in [0.2, 0.25) is 5.02 Å². The van der Waals surface area contributed by atoms with E-state index in [1.807, 2.05) is 17.0 Å². The van der Waals surface area contributed by atoms with Crippen molar-refractivity contribution in [3.63, 3.8) is 0 Å². The van der Waals surface area contributed by atoms with E-state index in [4.69, 9.17) is 28.0 Å². The highest BCUT2D eigenvalue weighted by atomic mass is 35.5. The lowest BCUT2D eigenvalue weighted by atomic mass is 10.1. The van der Waals surface area contributed by atoms with Gasteiger partial charge in [-0.2, -0.15) is 5.26 Å². The van der Waals surface area contributed by atoms with Crippen LogP contribution in [-0.2, 0) is 6.54 Å². The Kier molecular flexibility index (Phi) is 10.1. The van der Waals surface area contributed by atoms with E-state index >= 15 is 0 Å². The summed E-state index contributed by atoms with van der Waals surface area (Å²) in [5.41, 5.74) is 7.97. The quantitative estimate of drug-likeness (QED) is 0.198. The summed E-state index contributed by atoms with van der Waals surface area (Å²) in [5.74, 6) is 0.127. The number of amidine groups is 1. The summed E-state index contributed by atoms with van der Waals surface area (Å²) in [6.45, 7) is 5.13. The number of hydrogen-bond acceptors (Lipinski definition) is 4. The number of nitrogens with two attached hydrogens (primary N) is 1. The SMILES string of the molecule is C#C.C[C@H]1CN(C(=N)/C=C/c2ccc(Cl)cc2N=C(N)NC#N)CCN1Cc1ccc(F)cc1. The van der Waals surface area contributed by atoms with Crippen molar-refractivity contribution in [1.82, 2.24) is 15.1 Å². The minimum absolute atomic E-state index is 0.0365. The molecule has 2 aromatic carbocycles. The lowest BCUT2D eigenvalue weighted by molar-refractivity contribution is 0.116. The normalized spacial score (nSPS) is 16.4. The van der Waals surface area contributed by atoms with Crippen LogP contribution in [0.15, 0.2) is 53.5 Å². The molecule has 34 heavy (non-hydrogen) atoms. The highest BCUT2D eigenvalue weighted by Gasteiger charge is 2.24. The molecule has 176 valence electrons. The third-order valence-electron chi connectivity index (χ3n) is 5.24. The second kappa shape index (κ2) is 13.0. The van der Waals surface area contributed by atoms with Crippen molar-refractivity contribution in [2.75, 3.05) is 19.6 Å². The maximum Gasteiger partial charge on any atom is 0.207 e. The molecule has 1 fully saturated rings. The summed E-state index contributed by atoms with van der Waals surface area (Å²) in [5, 5.41) is 19.9. The maximum atomic E-state index is 13.1. The number of guanidine groups is 1. The Labute approximate surface area is 204 Å². The average Bonchev–Trinajstić information content (AvgIpc) is 2.82. The molecule has 0 aromatic heterocycles. The first-order valence-electron chi connectivity index (χ1n) is 10.5. The van der Waals surface area contributed by atoms with Gasteiger partial charge in [-0.3, -0.25) is 15.6 Å². The van der Waals surface area contributed by atoms with Gasteiger partial charge < -0.3 is 10.6 Å². The minimum Gasteiger partial charge on any atom is -0.369 e. The number of benzene rings is 2. The van der Waals surface area contributed by atoms with E-state index in [1.54, 1.807) is 36.5 Å². The predicted molar refractivity (Wildman–Crippen MR) is 136 cm³/mol. The Hall–Kier alpha value is -3.85. The molecule has 0 radical (unpaired) electrons. The molecule has 0 amide bonds. The zero-order valence-corrected chi connectivity index (χ0v) is 19.6. The van der Waals surface area contributed by atoms with Gasteiger partial charge in [0.25, 0.3) is 0 Å². The number of rotatable bonds is 5. The minimum atomic E-state index is -0.231. The van der Waals surface area contributed by atoms with Crippen molar-refractivity contribution in [3.8, 4) is 19.0 Å². The summed E-state index contributed by atoms with van der Waals surface area (Å²) in [6.07, 6.45) is 13.2. The number of terminal acetylenes is 1. The number of nitriles is 1. The second-order valence-electron chi connectivity index (χ2n) is 7.55. The van der Waals surface area contributed by atoms with Crippen LogP contribution < -0.4 is 11.1 Å². The maximum absolute atomic E-state index is 13.1. The first-order chi connectivity index (χ1) is 16.4. The first-order valence-corrected chi connectivity index (χ1v) is 10.9. The summed E-state index contributed by atoms with van der Waals surface area (Å²) in [4.78, 5) is 8.53. The average molecular weight is 480 g/mol. The van der Waals surface area contributed by atoms with E-state index in [0.717, 1.165) is 37.3 Å². The zero-order valence-electron chi connectivity index (χ0n) is 18.9. The Morgan fingerprint density at radius 2 is 2.03 bits per heavy atom. The van der Waals surface area contributed by atoms with Gasteiger partial charge in [0.1, 0.15) is 11.7 Å². The van der Waals surface area contributed by atoms with Crippen LogP contribution in [0, 0.1) is 35.5 Å². The number of halogens is 2. The smallest absolute Gasteiger partial charge is 0.207 e. The molecule has 7 nitrogen and oxygen atoms in total. The fourth-order valence-electron chi connectivity index (χ4n) is 3.52. The molecule has 2 aromatic rings. The number of hydrogen-bond donors (Lipinski definition) is 3. The number of nitrogens with one attached hydrogen (secondary N) is 2. The summed E-state index contributed by atoms with van der Waals surface area (Å²) in [7, 11) is 0. The van der Waals surface area contributed by atoms with Gasteiger partial charge in [0.15, 0.2) is 6.19 Å². The van der Waals surface area contributed by atoms with E-state index in [-0.39, 0.29) is 17.8 Å². The molecule has 1 aliphatic heterocycles. The van der Waals surface area contributed by atoms with Gasteiger partial charge in [0.05, 0.1) is 5.69 Å². The van der Waals surface area contributed by atoms with Crippen molar-refractivity contribution in [1.29, 1.82) is 10.7 Å². The molecule has 9 heteroatoms. The van der Waals surface area contributed by atoms with Gasteiger partial charge >= 0.3 is 0 Å². The van der Waals surface area contributed by atoms with Gasteiger partial charge in [0, 0.05) is 42.8 Å². The molecule has 0 bridgehead atoms. The van der Waals surface area contributed by atoms with Crippen molar-refractivity contribution in [2.45, 2.75) is 19.5 Å². The molecule has 1 saturated heterocycles. The highest BCUT2D eigenvalue weighted by molar-refractivity contribution is 6.31. The zero-order chi connectivity index (χ0) is 25.1. The molecule has 3 rings (SSSR count). The second-order valence-corrected chi connectivity index (χ2v) is 7.98. The van der Waals surface area contributed by atoms with Gasteiger partial charge in [0.2, 0.25) is 5.96 Å². The van der Waals surface area contributed by atoms with Crippen molar-refractivity contribution >= 4 is 35.2 Å².